The minimum Gasteiger partial charge on any atom is -0.399 e. The van der Waals surface area contributed by atoms with Crippen LogP contribution < -0.4 is 16.0 Å². The Labute approximate surface area is 123 Å². The summed E-state index contributed by atoms with van der Waals surface area (Å²) in [5, 5.41) is 3.40. The van der Waals surface area contributed by atoms with Crippen LogP contribution in [0, 0.1) is 0 Å². The van der Waals surface area contributed by atoms with E-state index in [-0.39, 0.29) is 6.03 Å². The van der Waals surface area contributed by atoms with Crippen molar-refractivity contribution >= 4 is 34.7 Å². The molecule has 20 heavy (non-hydrogen) atoms. The highest BCUT2D eigenvalue weighted by Crippen LogP contribution is 2.19. The van der Waals surface area contributed by atoms with E-state index in [1.165, 1.54) is 0 Å². The van der Waals surface area contributed by atoms with Gasteiger partial charge in [-0.25, -0.2) is 4.79 Å². The Morgan fingerprint density at radius 2 is 1.95 bits per heavy atom. The van der Waals surface area contributed by atoms with Gasteiger partial charge in [0, 0.05) is 28.6 Å². The molecule has 0 aromatic heterocycles. The second kappa shape index (κ2) is 6.30. The number of nitrogens with one attached hydrogen (secondary N) is 1. The maximum absolute atomic E-state index is 12.3. The molecule has 4 nitrogen and oxygen atoms in total. The van der Waals surface area contributed by atoms with Gasteiger partial charge in [0.05, 0.1) is 0 Å². The van der Waals surface area contributed by atoms with Gasteiger partial charge in [0.1, 0.15) is 0 Å². The molecule has 0 bridgehead atoms. The minimum atomic E-state index is -0.209. The lowest BCUT2D eigenvalue weighted by atomic mass is 10.2. The summed E-state index contributed by atoms with van der Waals surface area (Å²) in [6.07, 6.45) is 0. The minimum absolute atomic E-state index is 0.209. The summed E-state index contributed by atoms with van der Waals surface area (Å²) >= 11 is 5.90. The molecule has 0 fully saturated rings. The summed E-state index contributed by atoms with van der Waals surface area (Å²) in [6, 6.07) is 14.0. The number of urea groups is 1. The lowest BCUT2D eigenvalue weighted by molar-refractivity contribution is 0.257. The fourth-order valence-electron chi connectivity index (χ4n) is 1.85. The van der Waals surface area contributed by atoms with E-state index in [0.717, 1.165) is 5.69 Å². The Hall–Kier alpha value is -2.20. The van der Waals surface area contributed by atoms with Crippen molar-refractivity contribution < 1.29 is 4.79 Å². The largest absolute Gasteiger partial charge is 0.399 e. The van der Waals surface area contributed by atoms with Crippen LogP contribution in [0.15, 0.2) is 48.5 Å². The molecule has 0 spiro atoms. The second-order valence-electron chi connectivity index (χ2n) is 4.28. The highest BCUT2D eigenvalue weighted by atomic mass is 35.5. The van der Waals surface area contributed by atoms with E-state index in [0.29, 0.717) is 22.9 Å². The molecule has 0 aliphatic heterocycles. The maximum Gasteiger partial charge on any atom is 0.326 e. The predicted molar refractivity (Wildman–Crippen MR) is 84.3 cm³/mol. The number of benzene rings is 2. The van der Waals surface area contributed by atoms with Crippen molar-refractivity contribution in [3.8, 4) is 0 Å². The Balaban J connectivity index is 2.15. The van der Waals surface area contributed by atoms with Crippen LogP contribution >= 0.6 is 11.6 Å². The molecule has 3 N–H and O–H groups in total. The van der Waals surface area contributed by atoms with Gasteiger partial charge in [0.25, 0.3) is 0 Å². The van der Waals surface area contributed by atoms with E-state index in [9.17, 15) is 4.79 Å². The van der Waals surface area contributed by atoms with Crippen LogP contribution in [0.4, 0.5) is 21.9 Å². The van der Waals surface area contributed by atoms with Gasteiger partial charge in [-0.3, -0.25) is 4.90 Å². The van der Waals surface area contributed by atoms with Crippen molar-refractivity contribution in [1.29, 1.82) is 0 Å². The third-order valence-electron chi connectivity index (χ3n) is 2.84. The van der Waals surface area contributed by atoms with Crippen LogP contribution in [0.1, 0.15) is 6.92 Å². The first-order valence-electron chi connectivity index (χ1n) is 6.30. The van der Waals surface area contributed by atoms with Crippen molar-refractivity contribution in [3.05, 3.63) is 53.6 Å². The monoisotopic (exact) mass is 289 g/mol. The summed E-state index contributed by atoms with van der Waals surface area (Å²) in [7, 11) is 0. The van der Waals surface area contributed by atoms with Gasteiger partial charge in [-0.2, -0.15) is 0 Å². The van der Waals surface area contributed by atoms with Crippen LogP contribution in [0.2, 0.25) is 5.02 Å². The molecule has 0 saturated heterocycles. The van der Waals surface area contributed by atoms with Gasteiger partial charge in [-0.15, -0.1) is 0 Å². The number of amides is 2. The Bertz CT molecular complexity index is 598. The average Bonchev–Trinajstić information content (AvgIpc) is 2.42. The normalized spacial score (nSPS) is 10.1. The maximum atomic E-state index is 12.3. The molecule has 104 valence electrons. The molecule has 0 aliphatic rings. The summed E-state index contributed by atoms with van der Waals surface area (Å²) in [5.41, 5.74) is 7.77. The van der Waals surface area contributed by atoms with Crippen LogP contribution in [0.5, 0.6) is 0 Å². The van der Waals surface area contributed by atoms with Crippen LogP contribution in [-0.2, 0) is 0 Å². The summed E-state index contributed by atoms with van der Waals surface area (Å²) in [6.45, 7) is 2.46. The fraction of sp³-hybridized carbons (Fsp3) is 0.133. The van der Waals surface area contributed by atoms with E-state index < -0.39 is 0 Å². The quantitative estimate of drug-likeness (QED) is 0.840. The fourth-order valence-corrected chi connectivity index (χ4v) is 2.05. The molecule has 2 amide bonds. The molecule has 0 saturated carbocycles. The zero-order valence-corrected chi connectivity index (χ0v) is 11.9. The molecule has 2 aromatic carbocycles. The third-order valence-corrected chi connectivity index (χ3v) is 3.08. The molecule has 0 heterocycles. The number of hydrogen-bond donors (Lipinski definition) is 2. The number of carbonyl (C=O) groups excluding carboxylic acids is 1. The molecule has 0 aliphatic carbocycles. The second-order valence-corrected chi connectivity index (χ2v) is 4.71. The topological polar surface area (TPSA) is 58.4 Å². The molecule has 0 atom stereocenters. The van der Waals surface area contributed by atoms with Gasteiger partial charge in [-0.1, -0.05) is 17.7 Å². The number of nitrogen functional groups attached to an aromatic ring is 1. The van der Waals surface area contributed by atoms with Gasteiger partial charge in [-0.05, 0) is 49.4 Å². The standard InChI is InChI=1S/C15H16ClN3O/c1-2-19(14-8-6-12(17)7-9-14)15(20)18-13-5-3-4-11(16)10-13/h3-10H,2,17H2,1H3,(H,18,20). The number of rotatable bonds is 3. The van der Waals surface area contributed by atoms with E-state index in [4.69, 9.17) is 17.3 Å². The Kier molecular flexibility index (Phi) is 4.48. The Morgan fingerprint density at radius 3 is 2.55 bits per heavy atom. The van der Waals surface area contributed by atoms with Crippen molar-refractivity contribution in [2.24, 2.45) is 0 Å². The van der Waals surface area contributed by atoms with Gasteiger partial charge in [0.2, 0.25) is 0 Å². The van der Waals surface area contributed by atoms with Crippen molar-refractivity contribution in [1.82, 2.24) is 0 Å². The molecule has 5 heteroatoms. The number of hydrogen-bond acceptors (Lipinski definition) is 2. The lowest BCUT2D eigenvalue weighted by Crippen LogP contribution is -2.34. The van der Waals surface area contributed by atoms with E-state index in [1.54, 1.807) is 41.3 Å². The van der Waals surface area contributed by atoms with Crippen LogP contribution in [0.3, 0.4) is 0 Å². The lowest BCUT2D eigenvalue weighted by Gasteiger charge is -2.21. The first-order chi connectivity index (χ1) is 9.60. The van der Waals surface area contributed by atoms with Gasteiger partial charge >= 0.3 is 6.03 Å². The molecular formula is C15H16ClN3O. The molecule has 2 rings (SSSR count). The highest BCUT2D eigenvalue weighted by Gasteiger charge is 2.13. The third kappa shape index (κ3) is 3.42. The summed E-state index contributed by atoms with van der Waals surface area (Å²) < 4.78 is 0. The number of halogens is 1. The predicted octanol–water partition coefficient (Wildman–Crippen LogP) is 3.98. The van der Waals surface area contributed by atoms with Crippen molar-refractivity contribution in [2.75, 3.05) is 22.5 Å². The number of nitrogens with two attached hydrogens (primary N) is 1. The summed E-state index contributed by atoms with van der Waals surface area (Å²) in [4.78, 5) is 13.9. The highest BCUT2D eigenvalue weighted by molar-refractivity contribution is 6.30. The number of carbonyl (C=O) groups is 1. The first-order valence-corrected chi connectivity index (χ1v) is 6.67. The van der Waals surface area contributed by atoms with Gasteiger partial charge < -0.3 is 11.1 Å². The zero-order valence-electron chi connectivity index (χ0n) is 11.1. The average molecular weight is 290 g/mol. The van der Waals surface area contributed by atoms with Crippen molar-refractivity contribution in [3.63, 3.8) is 0 Å². The molecule has 0 radical (unpaired) electrons. The Morgan fingerprint density at radius 1 is 1.25 bits per heavy atom. The van der Waals surface area contributed by atoms with E-state index in [2.05, 4.69) is 5.32 Å². The molecular weight excluding hydrogens is 274 g/mol. The van der Waals surface area contributed by atoms with Crippen LogP contribution in [-0.4, -0.2) is 12.6 Å². The number of nitrogens with zero attached hydrogens (tertiary/aromatic N) is 1. The number of anilines is 3. The smallest absolute Gasteiger partial charge is 0.326 e. The first kappa shape index (κ1) is 14.2. The molecule has 0 unspecified atom stereocenters. The van der Waals surface area contributed by atoms with E-state index >= 15 is 0 Å². The SMILES string of the molecule is CCN(C(=O)Nc1cccc(Cl)c1)c1ccc(N)cc1. The van der Waals surface area contributed by atoms with E-state index in [1.807, 2.05) is 19.1 Å². The molecule has 2 aromatic rings. The van der Waals surface area contributed by atoms with Crippen LogP contribution in [0.25, 0.3) is 0 Å². The summed E-state index contributed by atoms with van der Waals surface area (Å²) in [5.74, 6) is 0. The van der Waals surface area contributed by atoms with Gasteiger partial charge in [0.15, 0.2) is 0 Å². The zero-order chi connectivity index (χ0) is 14.5. The van der Waals surface area contributed by atoms with Crippen molar-refractivity contribution in [2.45, 2.75) is 6.92 Å².